The molecule has 0 aliphatic heterocycles. The van der Waals surface area contributed by atoms with E-state index in [0.29, 0.717) is 6.61 Å². The van der Waals surface area contributed by atoms with Crippen molar-refractivity contribution in [3.05, 3.63) is 89.8 Å². The Kier molecular flexibility index (Phi) is 7.02. The molecule has 5 nitrogen and oxygen atoms in total. The van der Waals surface area contributed by atoms with Gasteiger partial charge in [0.15, 0.2) is 0 Å². The van der Waals surface area contributed by atoms with E-state index < -0.39 is 0 Å². The molecule has 0 aromatic carbocycles. The summed E-state index contributed by atoms with van der Waals surface area (Å²) in [6.07, 6.45) is 3.85. The molecule has 3 heterocycles. The Balaban J connectivity index is 1.73. The molecule has 0 spiro atoms. The molecular formula is C22H26N4O. The molecule has 5 heteroatoms. The summed E-state index contributed by atoms with van der Waals surface area (Å²) in [5, 5.41) is 0. The standard InChI is InChI=1S/C22H26N4O/c1-18(2)27-17-22-11-7-10-21(25-22)16-26(14-19-8-3-5-12-23-19)15-20-9-4-6-13-24-20/h3-13,18H,14-17H2,1-2H3. The average Bonchev–Trinajstić information content (AvgIpc) is 2.68. The first-order valence-electron chi connectivity index (χ1n) is 9.27. The lowest BCUT2D eigenvalue weighted by Crippen LogP contribution is -2.24. The highest BCUT2D eigenvalue weighted by Gasteiger charge is 2.11. The second-order valence-electron chi connectivity index (χ2n) is 6.77. The maximum absolute atomic E-state index is 5.68. The predicted octanol–water partition coefficient (Wildman–Crippen LogP) is 4.00. The van der Waals surface area contributed by atoms with Gasteiger partial charge in [-0.2, -0.15) is 0 Å². The lowest BCUT2D eigenvalue weighted by Gasteiger charge is -2.21. The second-order valence-corrected chi connectivity index (χ2v) is 6.77. The van der Waals surface area contributed by atoms with Crippen molar-refractivity contribution in [2.24, 2.45) is 0 Å². The maximum Gasteiger partial charge on any atom is 0.0891 e. The van der Waals surface area contributed by atoms with Crippen LogP contribution < -0.4 is 0 Å². The Labute approximate surface area is 161 Å². The van der Waals surface area contributed by atoms with Crippen LogP contribution in [-0.4, -0.2) is 26.0 Å². The van der Waals surface area contributed by atoms with Crippen LogP contribution in [0, 0.1) is 0 Å². The minimum atomic E-state index is 0.195. The lowest BCUT2D eigenvalue weighted by atomic mass is 10.2. The molecule has 0 aliphatic rings. The maximum atomic E-state index is 5.68. The van der Waals surface area contributed by atoms with Crippen LogP contribution in [0.25, 0.3) is 0 Å². The van der Waals surface area contributed by atoms with Gasteiger partial charge in [0.2, 0.25) is 0 Å². The zero-order chi connectivity index (χ0) is 18.9. The summed E-state index contributed by atoms with van der Waals surface area (Å²) >= 11 is 0. The molecule has 0 amide bonds. The van der Waals surface area contributed by atoms with Gasteiger partial charge in [0.25, 0.3) is 0 Å². The summed E-state index contributed by atoms with van der Waals surface area (Å²) in [6.45, 7) is 6.81. The van der Waals surface area contributed by atoms with Crippen LogP contribution >= 0.6 is 0 Å². The van der Waals surface area contributed by atoms with E-state index >= 15 is 0 Å². The highest BCUT2D eigenvalue weighted by molar-refractivity contribution is 5.12. The smallest absolute Gasteiger partial charge is 0.0891 e. The molecule has 27 heavy (non-hydrogen) atoms. The molecular weight excluding hydrogens is 336 g/mol. The Morgan fingerprint density at radius 2 is 1.30 bits per heavy atom. The summed E-state index contributed by atoms with van der Waals surface area (Å²) < 4.78 is 5.68. The van der Waals surface area contributed by atoms with Gasteiger partial charge in [-0.25, -0.2) is 0 Å². The van der Waals surface area contributed by atoms with Gasteiger partial charge in [-0.05, 0) is 50.2 Å². The Morgan fingerprint density at radius 3 is 1.85 bits per heavy atom. The Bertz CT molecular complexity index is 767. The van der Waals surface area contributed by atoms with Gasteiger partial charge >= 0.3 is 0 Å². The highest BCUT2D eigenvalue weighted by atomic mass is 16.5. The molecule has 0 fully saturated rings. The first-order valence-corrected chi connectivity index (χ1v) is 9.27. The van der Waals surface area contributed by atoms with Gasteiger partial charge in [-0.3, -0.25) is 19.9 Å². The fourth-order valence-corrected chi connectivity index (χ4v) is 2.79. The third kappa shape index (κ3) is 6.55. The quantitative estimate of drug-likeness (QED) is 0.576. The third-order valence-electron chi connectivity index (χ3n) is 4.04. The molecule has 140 valence electrons. The summed E-state index contributed by atoms with van der Waals surface area (Å²) in [4.78, 5) is 16.0. The van der Waals surface area contributed by atoms with Crippen molar-refractivity contribution in [3.8, 4) is 0 Å². The molecule has 0 radical (unpaired) electrons. The van der Waals surface area contributed by atoms with Gasteiger partial charge in [0.1, 0.15) is 0 Å². The van der Waals surface area contributed by atoms with Crippen molar-refractivity contribution in [1.29, 1.82) is 0 Å². The summed E-state index contributed by atoms with van der Waals surface area (Å²) in [5.74, 6) is 0. The van der Waals surface area contributed by atoms with E-state index in [1.165, 1.54) is 0 Å². The van der Waals surface area contributed by atoms with Crippen molar-refractivity contribution in [2.45, 2.75) is 46.2 Å². The summed E-state index contributed by atoms with van der Waals surface area (Å²) in [7, 11) is 0. The van der Waals surface area contributed by atoms with E-state index in [9.17, 15) is 0 Å². The van der Waals surface area contributed by atoms with Gasteiger partial charge < -0.3 is 4.74 Å². The summed E-state index contributed by atoms with van der Waals surface area (Å²) in [6, 6.07) is 18.1. The molecule has 0 bridgehead atoms. The molecule has 0 atom stereocenters. The molecule has 0 aliphatic carbocycles. The van der Waals surface area contributed by atoms with Crippen molar-refractivity contribution in [3.63, 3.8) is 0 Å². The van der Waals surface area contributed by atoms with Crippen LogP contribution in [-0.2, 0) is 31.0 Å². The number of pyridine rings is 3. The zero-order valence-corrected chi connectivity index (χ0v) is 16.0. The fourth-order valence-electron chi connectivity index (χ4n) is 2.79. The van der Waals surface area contributed by atoms with Gasteiger partial charge in [0, 0.05) is 32.0 Å². The van der Waals surface area contributed by atoms with E-state index in [1.54, 1.807) is 0 Å². The number of rotatable bonds is 9. The Morgan fingerprint density at radius 1 is 0.741 bits per heavy atom. The van der Waals surface area contributed by atoms with Crippen LogP contribution in [0.5, 0.6) is 0 Å². The number of ether oxygens (including phenoxy) is 1. The minimum absolute atomic E-state index is 0.195. The molecule has 0 saturated carbocycles. The Hall–Kier alpha value is -2.63. The third-order valence-corrected chi connectivity index (χ3v) is 4.04. The van der Waals surface area contributed by atoms with E-state index in [1.807, 2.05) is 74.8 Å². The molecule has 3 aromatic heterocycles. The fraction of sp³-hybridized carbons (Fsp3) is 0.318. The molecule has 0 unspecified atom stereocenters. The van der Waals surface area contributed by atoms with Crippen molar-refractivity contribution >= 4 is 0 Å². The largest absolute Gasteiger partial charge is 0.373 e. The second kappa shape index (κ2) is 9.90. The normalized spacial score (nSPS) is 11.3. The van der Waals surface area contributed by atoms with Crippen molar-refractivity contribution < 1.29 is 4.74 Å². The summed E-state index contributed by atoms with van der Waals surface area (Å²) in [5.41, 5.74) is 4.05. The lowest BCUT2D eigenvalue weighted by molar-refractivity contribution is 0.0634. The number of nitrogens with zero attached hydrogens (tertiary/aromatic N) is 4. The number of aromatic nitrogens is 3. The van der Waals surface area contributed by atoms with E-state index in [4.69, 9.17) is 9.72 Å². The monoisotopic (exact) mass is 362 g/mol. The topological polar surface area (TPSA) is 51.1 Å². The molecule has 0 N–H and O–H groups in total. The van der Waals surface area contributed by atoms with Gasteiger partial charge in [-0.1, -0.05) is 18.2 Å². The first kappa shape index (κ1) is 19.1. The van der Waals surface area contributed by atoms with Crippen molar-refractivity contribution in [1.82, 2.24) is 19.9 Å². The highest BCUT2D eigenvalue weighted by Crippen LogP contribution is 2.12. The van der Waals surface area contributed by atoms with E-state index in [2.05, 4.69) is 20.9 Å². The van der Waals surface area contributed by atoms with Crippen LogP contribution in [0.1, 0.15) is 36.6 Å². The van der Waals surface area contributed by atoms with Crippen LogP contribution in [0.2, 0.25) is 0 Å². The van der Waals surface area contributed by atoms with Crippen LogP contribution in [0.4, 0.5) is 0 Å². The minimum Gasteiger partial charge on any atom is -0.373 e. The van der Waals surface area contributed by atoms with Crippen LogP contribution in [0.3, 0.4) is 0 Å². The molecule has 3 rings (SSSR count). The van der Waals surface area contributed by atoms with Gasteiger partial charge in [-0.15, -0.1) is 0 Å². The number of hydrogen-bond donors (Lipinski definition) is 0. The van der Waals surface area contributed by atoms with Gasteiger partial charge in [0.05, 0.1) is 35.5 Å². The molecule has 3 aromatic rings. The van der Waals surface area contributed by atoms with E-state index in [-0.39, 0.29) is 6.10 Å². The zero-order valence-electron chi connectivity index (χ0n) is 16.0. The van der Waals surface area contributed by atoms with Crippen molar-refractivity contribution in [2.75, 3.05) is 0 Å². The number of hydrogen-bond acceptors (Lipinski definition) is 5. The van der Waals surface area contributed by atoms with Crippen LogP contribution in [0.15, 0.2) is 67.0 Å². The average molecular weight is 362 g/mol. The predicted molar refractivity (Wildman–Crippen MR) is 106 cm³/mol. The van der Waals surface area contributed by atoms with E-state index in [0.717, 1.165) is 42.4 Å². The SMILES string of the molecule is CC(C)OCc1cccc(CN(Cc2ccccn2)Cc2ccccn2)n1. The first-order chi connectivity index (χ1) is 13.2. The molecule has 0 saturated heterocycles.